The maximum Gasteiger partial charge on any atom is 0.0162 e. The average Bonchev–Trinajstić information content (AvgIpc) is 2.44. The monoisotopic (exact) mass is 287 g/mol. The average molecular weight is 287 g/mol. The summed E-state index contributed by atoms with van der Waals surface area (Å²) in [4.78, 5) is 0. The van der Waals surface area contributed by atoms with Crippen LogP contribution in [-0.2, 0) is 6.42 Å². The third-order valence-corrected chi connectivity index (χ3v) is 5.49. The van der Waals surface area contributed by atoms with Crippen molar-refractivity contribution >= 4 is 0 Å². The van der Waals surface area contributed by atoms with Crippen LogP contribution in [0.1, 0.15) is 44.1 Å². The molecule has 1 aromatic rings. The van der Waals surface area contributed by atoms with Crippen LogP contribution >= 0.6 is 0 Å². The SMILES string of the molecule is NC12CC3CC(CC(C3)C1)C2.NNCCc1ccccc1. The highest BCUT2D eigenvalue weighted by Crippen LogP contribution is 2.54. The van der Waals surface area contributed by atoms with Gasteiger partial charge in [-0.05, 0) is 68.3 Å². The van der Waals surface area contributed by atoms with E-state index in [0.717, 1.165) is 30.7 Å². The number of hydrogen-bond donors (Lipinski definition) is 3. The number of nitrogens with one attached hydrogen (secondary N) is 1. The Morgan fingerprint density at radius 2 is 1.48 bits per heavy atom. The summed E-state index contributed by atoms with van der Waals surface area (Å²) in [5.74, 6) is 8.19. The summed E-state index contributed by atoms with van der Waals surface area (Å²) in [5.41, 5.74) is 10.6. The molecule has 21 heavy (non-hydrogen) atoms. The third-order valence-electron chi connectivity index (χ3n) is 5.49. The van der Waals surface area contributed by atoms with Crippen LogP contribution in [0.3, 0.4) is 0 Å². The molecule has 4 saturated carbocycles. The van der Waals surface area contributed by atoms with Gasteiger partial charge in [0.15, 0.2) is 0 Å². The Balaban J connectivity index is 0.000000127. The molecule has 116 valence electrons. The van der Waals surface area contributed by atoms with Gasteiger partial charge in [0, 0.05) is 12.1 Å². The Bertz CT molecular complexity index is 408. The molecule has 4 fully saturated rings. The van der Waals surface area contributed by atoms with E-state index in [1.54, 1.807) is 0 Å². The predicted molar refractivity (Wildman–Crippen MR) is 87.4 cm³/mol. The van der Waals surface area contributed by atoms with Crippen LogP contribution in [-0.4, -0.2) is 12.1 Å². The molecule has 5 rings (SSSR count). The molecule has 0 saturated heterocycles. The van der Waals surface area contributed by atoms with Crippen LogP contribution in [0, 0.1) is 17.8 Å². The topological polar surface area (TPSA) is 64.1 Å². The summed E-state index contributed by atoms with van der Waals surface area (Å²) in [6.07, 6.45) is 9.57. The number of hydrogen-bond acceptors (Lipinski definition) is 3. The molecule has 0 amide bonds. The van der Waals surface area contributed by atoms with E-state index in [4.69, 9.17) is 11.6 Å². The highest BCUT2D eigenvalue weighted by atomic mass is 15.2. The van der Waals surface area contributed by atoms with Gasteiger partial charge in [0.05, 0.1) is 0 Å². The van der Waals surface area contributed by atoms with E-state index >= 15 is 0 Å². The van der Waals surface area contributed by atoms with E-state index < -0.39 is 0 Å². The summed E-state index contributed by atoms with van der Waals surface area (Å²) >= 11 is 0. The lowest BCUT2D eigenvalue weighted by molar-refractivity contribution is 0.000365. The van der Waals surface area contributed by atoms with Gasteiger partial charge in [-0.2, -0.15) is 0 Å². The summed E-state index contributed by atoms with van der Waals surface area (Å²) < 4.78 is 0. The second-order valence-electron chi connectivity index (χ2n) is 7.47. The van der Waals surface area contributed by atoms with Crippen molar-refractivity contribution in [2.75, 3.05) is 6.54 Å². The van der Waals surface area contributed by atoms with Crippen molar-refractivity contribution in [2.45, 2.75) is 50.5 Å². The molecule has 4 aliphatic rings. The zero-order valence-corrected chi connectivity index (χ0v) is 12.9. The van der Waals surface area contributed by atoms with E-state index in [1.165, 1.54) is 44.1 Å². The lowest BCUT2D eigenvalue weighted by atomic mass is 9.53. The number of nitrogens with two attached hydrogens (primary N) is 2. The lowest BCUT2D eigenvalue weighted by Crippen LogP contribution is -2.55. The molecule has 0 heterocycles. The van der Waals surface area contributed by atoms with Crippen molar-refractivity contribution in [3.05, 3.63) is 35.9 Å². The zero-order chi connectivity index (χ0) is 14.7. The molecule has 0 unspecified atom stereocenters. The van der Waals surface area contributed by atoms with Crippen LogP contribution in [0.4, 0.5) is 0 Å². The molecule has 4 bridgehead atoms. The molecular formula is C18H29N3. The fourth-order valence-electron chi connectivity index (χ4n) is 5.04. The fraction of sp³-hybridized carbons (Fsp3) is 0.667. The molecule has 3 heteroatoms. The molecular weight excluding hydrogens is 258 g/mol. The quantitative estimate of drug-likeness (QED) is 0.591. The summed E-state index contributed by atoms with van der Waals surface area (Å²) in [6.45, 7) is 0.837. The molecule has 0 radical (unpaired) electrons. The van der Waals surface area contributed by atoms with Gasteiger partial charge in [-0.25, -0.2) is 0 Å². The van der Waals surface area contributed by atoms with Crippen LogP contribution < -0.4 is 17.0 Å². The van der Waals surface area contributed by atoms with Crippen molar-refractivity contribution in [1.29, 1.82) is 0 Å². The largest absolute Gasteiger partial charge is 0.325 e. The molecule has 4 aliphatic carbocycles. The van der Waals surface area contributed by atoms with Gasteiger partial charge in [0.25, 0.3) is 0 Å². The maximum atomic E-state index is 6.32. The molecule has 1 aromatic carbocycles. The number of rotatable bonds is 3. The van der Waals surface area contributed by atoms with Crippen LogP contribution in [0.15, 0.2) is 30.3 Å². The minimum Gasteiger partial charge on any atom is -0.325 e. The van der Waals surface area contributed by atoms with Gasteiger partial charge < -0.3 is 5.73 Å². The molecule has 0 atom stereocenters. The Morgan fingerprint density at radius 3 is 1.90 bits per heavy atom. The summed E-state index contributed by atoms with van der Waals surface area (Å²) in [7, 11) is 0. The minimum atomic E-state index is 0.300. The molecule has 0 aromatic heterocycles. The Morgan fingerprint density at radius 1 is 0.952 bits per heavy atom. The van der Waals surface area contributed by atoms with Crippen molar-refractivity contribution in [3.63, 3.8) is 0 Å². The zero-order valence-electron chi connectivity index (χ0n) is 12.9. The number of benzene rings is 1. The summed E-state index contributed by atoms with van der Waals surface area (Å²) in [5, 5.41) is 0. The van der Waals surface area contributed by atoms with Gasteiger partial charge in [-0.15, -0.1) is 0 Å². The van der Waals surface area contributed by atoms with Gasteiger partial charge >= 0.3 is 0 Å². The van der Waals surface area contributed by atoms with Crippen molar-refractivity contribution in [2.24, 2.45) is 29.3 Å². The Labute approximate surface area is 128 Å². The van der Waals surface area contributed by atoms with E-state index in [0.29, 0.717) is 5.54 Å². The fourth-order valence-corrected chi connectivity index (χ4v) is 5.04. The Hall–Kier alpha value is -0.900. The standard InChI is InChI=1S/C10H17N.C8H12N2/c11-10-4-7-1-8(5-10)3-9(2-7)6-10;9-10-7-6-8-4-2-1-3-5-8/h7-9H,1-6,11H2;1-5,10H,6-7,9H2. The van der Waals surface area contributed by atoms with Gasteiger partial charge in [0.2, 0.25) is 0 Å². The Kier molecular flexibility index (Phi) is 4.63. The molecule has 0 spiro atoms. The first-order valence-electron chi connectivity index (χ1n) is 8.43. The second kappa shape index (κ2) is 6.47. The van der Waals surface area contributed by atoms with Crippen molar-refractivity contribution < 1.29 is 0 Å². The van der Waals surface area contributed by atoms with Gasteiger partial charge in [-0.3, -0.25) is 11.3 Å². The van der Waals surface area contributed by atoms with Crippen LogP contribution in [0.5, 0.6) is 0 Å². The maximum absolute atomic E-state index is 6.32. The first-order chi connectivity index (χ1) is 10.2. The third kappa shape index (κ3) is 3.85. The van der Waals surface area contributed by atoms with E-state index in [2.05, 4.69) is 17.6 Å². The van der Waals surface area contributed by atoms with Crippen molar-refractivity contribution in [1.82, 2.24) is 5.43 Å². The first kappa shape index (κ1) is 15.0. The van der Waals surface area contributed by atoms with Crippen LogP contribution in [0.2, 0.25) is 0 Å². The smallest absolute Gasteiger partial charge is 0.0162 e. The van der Waals surface area contributed by atoms with E-state index in [1.807, 2.05) is 18.2 Å². The van der Waals surface area contributed by atoms with Gasteiger partial charge in [0.1, 0.15) is 0 Å². The second-order valence-corrected chi connectivity index (χ2v) is 7.47. The highest BCUT2D eigenvalue weighted by molar-refractivity contribution is 5.14. The van der Waals surface area contributed by atoms with E-state index in [-0.39, 0.29) is 0 Å². The molecule has 0 aliphatic heterocycles. The molecule has 5 N–H and O–H groups in total. The lowest BCUT2D eigenvalue weighted by Gasteiger charge is -2.55. The first-order valence-corrected chi connectivity index (χ1v) is 8.43. The molecule has 3 nitrogen and oxygen atoms in total. The number of hydrazine groups is 1. The van der Waals surface area contributed by atoms with Crippen LogP contribution in [0.25, 0.3) is 0 Å². The minimum absolute atomic E-state index is 0.300. The summed E-state index contributed by atoms with van der Waals surface area (Å²) in [6, 6.07) is 10.3. The highest BCUT2D eigenvalue weighted by Gasteiger charge is 2.48. The van der Waals surface area contributed by atoms with Gasteiger partial charge in [-0.1, -0.05) is 30.3 Å². The predicted octanol–water partition coefficient (Wildman–Crippen LogP) is 2.61. The van der Waals surface area contributed by atoms with Crippen molar-refractivity contribution in [3.8, 4) is 0 Å². The normalized spacial score (nSPS) is 36.2. The van der Waals surface area contributed by atoms with E-state index in [9.17, 15) is 0 Å².